The summed E-state index contributed by atoms with van der Waals surface area (Å²) in [6, 6.07) is 7.09. The maximum Gasteiger partial charge on any atom is 0.251 e. The third-order valence-electron chi connectivity index (χ3n) is 4.08. The third-order valence-corrected chi connectivity index (χ3v) is 4.08. The van der Waals surface area contributed by atoms with E-state index < -0.39 is 0 Å². The van der Waals surface area contributed by atoms with Crippen molar-refractivity contribution in [1.82, 2.24) is 10.6 Å². The van der Waals surface area contributed by atoms with Crippen LogP contribution in [-0.2, 0) is 9.53 Å². The molecule has 1 fully saturated rings. The van der Waals surface area contributed by atoms with Crippen LogP contribution in [0.5, 0.6) is 0 Å². The summed E-state index contributed by atoms with van der Waals surface area (Å²) < 4.78 is 5.50. The molecule has 0 saturated carbocycles. The molecule has 3 N–H and O–H groups in total. The van der Waals surface area contributed by atoms with Gasteiger partial charge in [-0.1, -0.05) is 13.0 Å². The summed E-state index contributed by atoms with van der Waals surface area (Å²) in [6.45, 7) is 5.70. The first-order valence-electron chi connectivity index (χ1n) is 8.61. The minimum absolute atomic E-state index is 0.123. The van der Waals surface area contributed by atoms with Gasteiger partial charge in [0, 0.05) is 30.4 Å². The Morgan fingerprint density at radius 2 is 2.21 bits per heavy atom. The van der Waals surface area contributed by atoms with Gasteiger partial charge < -0.3 is 20.7 Å². The predicted octanol–water partition coefficient (Wildman–Crippen LogP) is 1.92. The molecule has 1 aromatic rings. The minimum atomic E-state index is -0.132. The van der Waals surface area contributed by atoms with Crippen LogP contribution in [0.25, 0.3) is 0 Å². The van der Waals surface area contributed by atoms with Gasteiger partial charge in [-0.2, -0.15) is 0 Å². The van der Waals surface area contributed by atoms with Crippen LogP contribution in [0.3, 0.4) is 0 Å². The van der Waals surface area contributed by atoms with Crippen LogP contribution in [0, 0.1) is 0 Å². The van der Waals surface area contributed by atoms with E-state index >= 15 is 0 Å². The van der Waals surface area contributed by atoms with Gasteiger partial charge in [-0.25, -0.2) is 0 Å². The lowest BCUT2D eigenvalue weighted by molar-refractivity contribution is -0.115. The van der Waals surface area contributed by atoms with Gasteiger partial charge in [0.25, 0.3) is 5.91 Å². The summed E-state index contributed by atoms with van der Waals surface area (Å²) in [6.07, 6.45) is 3.22. The van der Waals surface area contributed by atoms with E-state index in [1.807, 2.05) is 13.8 Å². The van der Waals surface area contributed by atoms with Gasteiger partial charge in [0.2, 0.25) is 5.91 Å². The summed E-state index contributed by atoms with van der Waals surface area (Å²) in [5.74, 6) is -0.260. The smallest absolute Gasteiger partial charge is 0.251 e. The fourth-order valence-corrected chi connectivity index (χ4v) is 2.50. The molecule has 0 spiro atoms. The summed E-state index contributed by atoms with van der Waals surface area (Å²) in [5, 5.41) is 8.82. The van der Waals surface area contributed by atoms with E-state index in [2.05, 4.69) is 16.0 Å². The molecule has 2 amide bonds. The molecule has 1 aromatic carbocycles. The lowest BCUT2D eigenvalue weighted by Gasteiger charge is -2.13. The first-order chi connectivity index (χ1) is 11.6. The summed E-state index contributed by atoms with van der Waals surface area (Å²) in [7, 11) is 0. The third kappa shape index (κ3) is 5.94. The van der Waals surface area contributed by atoms with Crippen LogP contribution in [0.1, 0.15) is 43.5 Å². The van der Waals surface area contributed by atoms with Crippen molar-refractivity contribution in [2.75, 3.05) is 25.0 Å². The first kappa shape index (κ1) is 18.4. The van der Waals surface area contributed by atoms with E-state index in [0.29, 0.717) is 17.8 Å². The second-order valence-electron chi connectivity index (χ2n) is 6.18. The minimum Gasteiger partial charge on any atom is -0.377 e. The number of carbonyl (C=O) groups is 2. The van der Waals surface area contributed by atoms with E-state index in [1.54, 1.807) is 24.3 Å². The lowest BCUT2D eigenvalue weighted by Crippen LogP contribution is -2.34. The second kappa shape index (κ2) is 9.39. The van der Waals surface area contributed by atoms with Gasteiger partial charge in [-0.3, -0.25) is 9.59 Å². The molecule has 132 valence electrons. The van der Waals surface area contributed by atoms with Gasteiger partial charge >= 0.3 is 0 Å². The highest BCUT2D eigenvalue weighted by Crippen LogP contribution is 2.12. The number of amides is 2. The number of hydrogen-bond donors (Lipinski definition) is 3. The average molecular weight is 333 g/mol. The summed E-state index contributed by atoms with van der Waals surface area (Å²) in [5.41, 5.74) is 1.16. The number of anilines is 1. The Morgan fingerprint density at radius 3 is 2.92 bits per heavy atom. The molecule has 0 aromatic heterocycles. The lowest BCUT2D eigenvalue weighted by atomic mass is 10.1. The molecule has 1 heterocycles. The topological polar surface area (TPSA) is 79.5 Å². The highest BCUT2D eigenvalue weighted by Gasteiger charge is 2.15. The summed E-state index contributed by atoms with van der Waals surface area (Å²) >= 11 is 0. The zero-order valence-electron chi connectivity index (χ0n) is 14.4. The number of benzene rings is 1. The van der Waals surface area contributed by atoms with Crippen molar-refractivity contribution in [1.29, 1.82) is 0 Å². The zero-order chi connectivity index (χ0) is 17.4. The Balaban J connectivity index is 1.79. The maximum atomic E-state index is 12.1. The molecule has 2 rings (SSSR count). The fourth-order valence-electron chi connectivity index (χ4n) is 2.50. The van der Waals surface area contributed by atoms with Crippen LogP contribution in [0.2, 0.25) is 0 Å². The Bertz CT molecular complexity index is 556. The van der Waals surface area contributed by atoms with Crippen LogP contribution >= 0.6 is 0 Å². The van der Waals surface area contributed by atoms with Crippen molar-refractivity contribution < 1.29 is 14.3 Å². The Hall–Kier alpha value is -1.92. The van der Waals surface area contributed by atoms with Crippen molar-refractivity contribution in [2.24, 2.45) is 0 Å². The Morgan fingerprint density at radius 1 is 1.38 bits per heavy atom. The summed E-state index contributed by atoms with van der Waals surface area (Å²) in [4.78, 5) is 24.1. The molecule has 1 aliphatic rings. The van der Waals surface area contributed by atoms with Crippen molar-refractivity contribution in [2.45, 2.75) is 45.3 Å². The fraction of sp³-hybridized carbons (Fsp3) is 0.556. The molecule has 2 atom stereocenters. The van der Waals surface area contributed by atoms with E-state index in [-0.39, 0.29) is 30.5 Å². The maximum absolute atomic E-state index is 12.1. The van der Waals surface area contributed by atoms with Crippen LogP contribution in [-0.4, -0.2) is 43.7 Å². The van der Waals surface area contributed by atoms with E-state index in [9.17, 15) is 9.59 Å². The van der Waals surface area contributed by atoms with Gasteiger partial charge in [0.05, 0.1) is 12.6 Å². The molecule has 6 nitrogen and oxygen atoms in total. The number of carbonyl (C=O) groups excluding carboxylic acids is 2. The normalized spacial score (nSPS) is 18.2. The molecule has 1 saturated heterocycles. The molecule has 1 aliphatic heterocycles. The number of nitrogens with one attached hydrogen (secondary N) is 3. The number of ether oxygens (including phenoxy) is 1. The monoisotopic (exact) mass is 333 g/mol. The predicted molar refractivity (Wildman–Crippen MR) is 94.1 cm³/mol. The van der Waals surface area contributed by atoms with E-state index in [0.717, 1.165) is 25.9 Å². The van der Waals surface area contributed by atoms with Gasteiger partial charge in [0.15, 0.2) is 0 Å². The van der Waals surface area contributed by atoms with E-state index in [1.165, 1.54) is 0 Å². The molecule has 6 heteroatoms. The molecular formula is C18H27N3O3. The van der Waals surface area contributed by atoms with Crippen LogP contribution in [0.4, 0.5) is 5.69 Å². The number of rotatable bonds is 8. The van der Waals surface area contributed by atoms with E-state index in [4.69, 9.17) is 4.74 Å². The molecule has 2 unspecified atom stereocenters. The van der Waals surface area contributed by atoms with Crippen molar-refractivity contribution in [3.63, 3.8) is 0 Å². The molecule has 24 heavy (non-hydrogen) atoms. The van der Waals surface area contributed by atoms with Crippen molar-refractivity contribution in [3.05, 3.63) is 29.8 Å². The molecule has 0 aliphatic carbocycles. The van der Waals surface area contributed by atoms with Gasteiger partial charge in [0.1, 0.15) is 0 Å². The van der Waals surface area contributed by atoms with Crippen molar-refractivity contribution >= 4 is 17.5 Å². The highest BCUT2D eigenvalue weighted by molar-refractivity contribution is 5.97. The van der Waals surface area contributed by atoms with Crippen LogP contribution < -0.4 is 16.0 Å². The first-order valence-corrected chi connectivity index (χ1v) is 8.61. The largest absolute Gasteiger partial charge is 0.377 e. The zero-order valence-corrected chi connectivity index (χ0v) is 14.4. The Labute approximate surface area is 143 Å². The second-order valence-corrected chi connectivity index (χ2v) is 6.18. The quantitative estimate of drug-likeness (QED) is 0.679. The SMILES string of the molecule is CCC(C)NC(=O)c1cccc(NC(=O)CNCC2CCCO2)c1. The van der Waals surface area contributed by atoms with Crippen LogP contribution in [0.15, 0.2) is 24.3 Å². The molecule has 0 radical (unpaired) electrons. The molecule has 0 bridgehead atoms. The average Bonchev–Trinajstić information content (AvgIpc) is 3.08. The Kier molecular flexibility index (Phi) is 7.21. The number of hydrogen-bond acceptors (Lipinski definition) is 4. The molecular weight excluding hydrogens is 306 g/mol. The standard InChI is InChI=1S/C18H27N3O3/c1-3-13(2)20-18(23)14-6-4-7-15(10-14)21-17(22)12-19-11-16-8-5-9-24-16/h4,6-7,10,13,16,19H,3,5,8-9,11-12H2,1-2H3,(H,20,23)(H,21,22). The van der Waals surface area contributed by atoms with Gasteiger partial charge in [-0.15, -0.1) is 0 Å². The van der Waals surface area contributed by atoms with Crippen molar-refractivity contribution in [3.8, 4) is 0 Å². The van der Waals surface area contributed by atoms with Gasteiger partial charge in [-0.05, 0) is 44.4 Å². The highest BCUT2D eigenvalue weighted by atomic mass is 16.5.